The second-order valence-corrected chi connectivity index (χ2v) is 6.38. The molecule has 2 rings (SSSR count). The lowest BCUT2D eigenvalue weighted by molar-refractivity contribution is 0.113. The van der Waals surface area contributed by atoms with E-state index in [1.54, 1.807) is 0 Å². The van der Waals surface area contributed by atoms with Crippen LogP contribution in [0.2, 0.25) is 10.0 Å². The van der Waals surface area contributed by atoms with Crippen LogP contribution < -0.4 is 5.32 Å². The van der Waals surface area contributed by atoms with Crippen molar-refractivity contribution in [1.82, 2.24) is 10.2 Å². The predicted octanol–water partition coefficient (Wildman–Crippen LogP) is 4.35. The predicted molar refractivity (Wildman–Crippen MR) is 87.6 cm³/mol. The van der Waals surface area contributed by atoms with Gasteiger partial charge in [-0.3, -0.25) is 4.90 Å². The van der Waals surface area contributed by atoms with E-state index in [1.165, 1.54) is 19.3 Å². The van der Waals surface area contributed by atoms with Crippen molar-refractivity contribution in [2.24, 2.45) is 0 Å². The van der Waals surface area contributed by atoms with Gasteiger partial charge in [-0.05, 0) is 24.5 Å². The van der Waals surface area contributed by atoms with Crippen LogP contribution in [0.15, 0.2) is 18.2 Å². The van der Waals surface area contributed by atoms with Crippen molar-refractivity contribution in [2.45, 2.75) is 51.7 Å². The summed E-state index contributed by atoms with van der Waals surface area (Å²) in [6.07, 6.45) is 3.60. The summed E-state index contributed by atoms with van der Waals surface area (Å²) in [5.74, 6) is 0. The molecule has 1 aromatic carbocycles. The second-order valence-electron chi connectivity index (χ2n) is 5.60. The molecule has 1 aromatic rings. The van der Waals surface area contributed by atoms with Crippen LogP contribution in [-0.2, 0) is 6.54 Å². The lowest BCUT2D eigenvalue weighted by atomic mass is 10.0. The highest BCUT2D eigenvalue weighted by Gasteiger charge is 2.26. The Bertz CT molecular complexity index is 436. The monoisotopic (exact) mass is 314 g/mol. The topological polar surface area (TPSA) is 15.3 Å². The first kappa shape index (κ1) is 16.1. The molecular weight excluding hydrogens is 291 g/mol. The summed E-state index contributed by atoms with van der Waals surface area (Å²) >= 11 is 12.5. The molecule has 1 aliphatic heterocycles. The van der Waals surface area contributed by atoms with E-state index in [0.29, 0.717) is 22.1 Å². The quantitative estimate of drug-likeness (QED) is 0.869. The first-order valence-corrected chi connectivity index (χ1v) is 8.31. The number of hydrogen-bond acceptors (Lipinski definition) is 2. The van der Waals surface area contributed by atoms with Gasteiger partial charge in [0.1, 0.15) is 0 Å². The van der Waals surface area contributed by atoms with Crippen molar-refractivity contribution in [3.63, 3.8) is 0 Å². The fourth-order valence-corrected chi connectivity index (χ4v) is 3.28. The van der Waals surface area contributed by atoms with Crippen LogP contribution in [0, 0.1) is 0 Å². The molecule has 1 N–H and O–H groups in total. The number of nitrogens with one attached hydrogen (secondary N) is 1. The fourth-order valence-electron chi connectivity index (χ4n) is 2.90. The molecule has 1 fully saturated rings. The Kier molecular flexibility index (Phi) is 6.16. The van der Waals surface area contributed by atoms with Gasteiger partial charge < -0.3 is 5.32 Å². The third kappa shape index (κ3) is 3.88. The van der Waals surface area contributed by atoms with Crippen molar-refractivity contribution in [3.05, 3.63) is 33.8 Å². The number of nitrogens with zero attached hydrogens (tertiary/aromatic N) is 1. The lowest BCUT2D eigenvalue weighted by Crippen LogP contribution is -2.55. The van der Waals surface area contributed by atoms with E-state index in [2.05, 4.69) is 30.1 Å². The van der Waals surface area contributed by atoms with Gasteiger partial charge in [0, 0.05) is 31.7 Å². The second kappa shape index (κ2) is 7.65. The minimum atomic E-state index is 0.584. The molecule has 2 unspecified atom stereocenters. The molecule has 4 heteroatoms. The minimum absolute atomic E-state index is 0.584. The number of halogens is 2. The van der Waals surface area contributed by atoms with Crippen LogP contribution in [0.25, 0.3) is 0 Å². The first-order chi connectivity index (χ1) is 9.65. The van der Waals surface area contributed by atoms with Crippen molar-refractivity contribution in [3.8, 4) is 0 Å². The molecule has 0 bridgehead atoms. The molecular formula is C16H24Cl2N2. The molecule has 0 saturated carbocycles. The molecule has 0 spiro atoms. The van der Waals surface area contributed by atoms with E-state index >= 15 is 0 Å². The van der Waals surface area contributed by atoms with Gasteiger partial charge >= 0.3 is 0 Å². The summed E-state index contributed by atoms with van der Waals surface area (Å²) in [7, 11) is 0. The van der Waals surface area contributed by atoms with E-state index in [4.69, 9.17) is 23.2 Å². The first-order valence-electron chi connectivity index (χ1n) is 7.56. The van der Waals surface area contributed by atoms with Crippen LogP contribution in [-0.4, -0.2) is 30.1 Å². The Labute approximate surface area is 132 Å². The molecule has 0 radical (unpaired) electrons. The molecule has 1 heterocycles. The fraction of sp³-hybridized carbons (Fsp3) is 0.625. The van der Waals surface area contributed by atoms with Crippen LogP contribution in [0.5, 0.6) is 0 Å². The lowest BCUT2D eigenvalue weighted by Gasteiger charge is -2.40. The van der Waals surface area contributed by atoms with Gasteiger partial charge in [0.05, 0.1) is 10.0 Å². The number of hydrogen-bond donors (Lipinski definition) is 1. The molecule has 1 aliphatic rings. The number of rotatable bonds is 5. The molecule has 0 aromatic heterocycles. The van der Waals surface area contributed by atoms with E-state index < -0.39 is 0 Å². The van der Waals surface area contributed by atoms with Crippen LogP contribution in [0.1, 0.15) is 38.7 Å². The maximum atomic E-state index is 6.33. The molecule has 0 aliphatic carbocycles. The minimum Gasteiger partial charge on any atom is -0.311 e. The smallest absolute Gasteiger partial charge is 0.0637 e. The highest BCUT2D eigenvalue weighted by molar-refractivity contribution is 6.42. The van der Waals surface area contributed by atoms with Crippen molar-refractivity contribution < 1.29 is 0 Å². The standard InChI is InChI=1S/C16H24Cl2N2/c1-3-6-14-9-19-13(4-2)11-20(14)10-12-7-5-8-15(17)16(12)18/h5,7-8,13-14,19H,3-4,6,9-11H2,1-2H3. The van der Waals surface area contributed by atoms with Gasteiger partial charge in [-0.1, -0.05) is 55.6 Å². The maximum Gasteiger partial charge on any atom is 0.0637 e. The van der Waals surface area contributed by atoms with Crippen molar-refractivity contribution in [1.29, 1.82) is 0 Å². The van der Waals surface area contributed by atoms with Gasteiger partial charge in [-0.15, -0.1) is 0 Å². The third-order valence-corrected chi connectivity index (χ3v) is 4.99. The summed E-state index contributed by atoms with van der Waals surface area (Å²) in [6, 6.07) is 7.10. The Morgan fingerprint density at radius 1 is 1.30 bits per heavy atom. The van der Waals surface area contributed by atoms with Gasteiger partial charge in [0.2, 0.25) is 0 Å². The van der Waals surface area contributed by atoms with Crippen molar-refractivity contribution >= 4 is 23.2 Å². The molecule has 20 heavy (non-hydrogen) atoms. The highest BCUT2D eigenvalue weighted by atomic mass is 35.5. The van der Waals surface area contributed by atoms with Gasteiger partial charge in [-0.2, -0.15) is 0 Å². The average molecular weight is 315 g/mol. The van der Waals surface area contributed by atoms with Gasteiger partial charge in [0.25, 0.3) is 0 Å². The number of benzene rings is 1. The molecule has 112 valence electrons. The summed E-state index contributed by atoms with van der Waals surface area (Å²) in [5.41, 5.74) is 1.14. The largest absolute Gasteiger partial charge is 0.311 e. The molecule has 2 atom stereocenters. The van der Waals surface area contributed by atoms with E-state index in [0.717, 1.165) is 25.2 Å². The van der Waals surface area contributed by atoms with E-state index in [9.17, 15) is 0 Å². The van der Waals surface area contributed by atoms with Gasteiger partial charge in [-0.25, -0.2) is 0 Å². The zero-order valence-corrected chi connectivity index (χ0v) is 13.8. The van der Waals surface area contributed by atoms with Crippen LogP contribution >= 0.6 is 23.2 Å². The van der Waals surface area contributed by atoms with Crippen molar-refractivity contribution in [2.75, 3.05) is 13.1 Å². The third-order valence-electron chi connectivity index (χ3n) is 4.13. The summed E-state index contributed by atoms with van der Waals surface area (Å²) in [6.45, 7) is 7.54. The molecule has 1 saturated heterocycles. The summed E-state index contributed by atoms with van der Waals surface area (Å²) < 4.78 is 0. The van der Waals surface area contributed by atoms with E-state index in [-0.39, 0.29) is 0 Å². The Morgan fingerprint density at radius 2 is 2.10 bits per heavy atom. The molecule has 2 nitrogen and oxygen atoms in total. The Morgan fingerprint density at radius 3 is 2.80 bits per heavy atom. The maximum absolute atomic E-state index is 6.33. The Hall–Kier alpha value is -0.280. The highest BCUT2D eigenvalue weighted by Crippen LogP contribution is 2.28. The zero-order chi connectivity index (χ0) is 14.5. The average Bonchev–Trinajstić information content (AvgIpc) is 2.46. The number of piperazine rings is 1. The SMILES string of the molecule is CCCC1CNC(CC)CN1Cc1cccc(Cl)c1Cl. The van der Waals surface area contributed by atoms with Gasteiger partial charge in [0.15, 0.2) is 0 Å². The van der Waals surface area contributed by atoms with Crippen LogP contribution in [0.4, 0.5) is 0 Å². The summed E-state index contributed by atoms with van der Waals surface area (Å²) in [5, 5.41) is 5.00. The molecule has 0 amide bonds. The zero-order valence-electron chi connectivity index (χ0n) is 12.3. The van der Waals surface area contributed by atoms with Crippen LogP contribution in [0.3, 0.4) is 0 Å². The normalized spacial score (nSPS) is 24.0. The Balaban J connectivity index is 2.12. The van der Waals surface area contributed by atoms with E-state index in [1.807, 2.05) is 12.1 Å². The summed E-state index contributed by atoms with van der Waals surface area (Å²) in [4.78, 5) is 2.56.